The van der Waals surface area contributed by atoms with Crippen molar-refractivity contribution in [3.63, 3.8) is 0 Å². The monoisotopic (exact) mass is 192 g/mol. The Morgan fingerprint density at radius 2 is 2.46 bits per heavy atom. The molecule has 4 nitrogen and oxygen atoms in total. The molecular formula is C8H8N4S. The predicted molar refractivity (Wildman–Crippen MR) is 51.7 cm³/mol. The Bertz CT molecular complexity index is 423. The van der Waals surface area contributed by atoms with Gasteiger partial charge in [0.05, 0.1) is 6.20 Å². The van der Waals surface area contributed by atoms with Crippen molar-refractivity contribution in [3.05, 3.63) is 31.5 Å². The molecule has 0 bridgehead atoms. The Morgan fingerprint density at radius 3 is 3.31 bits per heavy atom. The highest BCUT2D eigenvalue weighted by molar-refractivity contribution is 7.99. The smallest absolute Gasteiger partial charge is 0.145 e. The highest BCUT2D eigenvalue weighted by Crippen LogP contribution is 2.19. The topological polar surface area (TPSA) is 43.1 Å². The van der Waals surface area contributed by atoms with E-state index >= 15 is 0 Å². The molecule has 2 aromatic heterocycles. The van der Waals surface area contributed by atoms with Crippen LogP contribution in [0.4, 0.5) is 0 Å². The highest BCUT2D eigenvalue weighted by atomic mass is 32.2. The number of nitrogens with zero attached hydrogens (tertiary/aromatic N) is 4. The average molecular weight is 192 g/mol. The van der Waals surface area contributed by atoms with Gasteiger partial charge in [-0.2, -0.15) is 0 Å². The van der Waals surface area contributed by atoms with Crippen LogP contribution in [0.15, 0.2) is 36.5 Å². The molecule has 0 atom stereocenters. The molecule has 0 fully saturated rings. The van der Waals surface area contributed by atoms with Crippen LogP contribution in [-0.2, 0) is 0 Å². The maximum Gasteiger partial charge on any atom is 0.145 e. The molecule has 0 amide bonds. The average Bonchev–Trinajstić information content (AvgIpc) is 2.62. The van der Waals surface area contributed by atoms with E-state index in [4.69, 9.17) is 0 Å². The molecule has 0 saturated heterocycles. The minimum atomic E-state index is 0.833. The normalized spacial score (nSPS) is 10.5. The van der Waals surface area contributed by atoms with E-state index in [1.54, 1.807) is 30.6 Å². The zero-order valence-corrected chi connectivity index (χ0v) is 7.74. The Morgan fingerprint density at radius 1 is 1.54 bits per heavy atom. The molecule has 0 aliphatic heterocycles. The van der Waals surface area contributed by atoms with Crippen LogP contribution in [0.25, 0.3) is 5.52 Å². The summed E-state index contributed by atoms with van der Waals surface area (Å²) >= 11 is 1.60. The number of thioether (sulfide) groups is 1. The zero-order chi connectivity index (χ0) is 9.10. The minimum absolute atomic E-state index is 0.833. The first kappa shape index (κ1) is 8.25. The van der Waals surface area contributed by atoms with Crippen LogP contribution < -0.4 is 0 Å². The first-order valence-corrected chi connectivity index (χ1v) is 4.77. The van der Waals surface area contributed by atoms with Crippen LogP contribution in [-0.4, -0.2) is 25.3 Å². The van der Waals surface area contributed by atoms with Gasteiger partial charge in [0.2, 0.25) is 0 Å². The van der Waals surface area contributed by atoms with Gasteiger partial charge in [-0.05, 0) is 0 Å². The maximum atomic E-state index is 4.02. The highest BCUT2D eigenvalue weighted by Gasteiger charge is 2.02. The largest absolute Gasteiger partial charge is 0.285 e. The van der Waals surface area contributed by atoms with Gasteiger partial charge >= 0.3 is 0 Å². The Kier molecular flexibility index (Phi) is 2.27. The maximum absolute atomic E-state index is 4.02. The third-order valence-electron chi connectivity index (χ3n) is 1.55. The number of hydrogen-bond donors (Lipinski definition) is 0. The summed E-state index contributed by atoms with van der Waals surface area (Å²) in [5, 5.41) is 8.77. The predicted octanol–water partition coefficient (Wildman–Crippen LogP) is 1.40. The summed E-state index contributed by atoms with van der Waals surface area (Å²) in [6.07, 6.45) is 6.97. The van der Waals surface area contributed by atoms with Crippen molar-refractivity contribution in [2.45, 2.75) is 5.03 Å². The molecule has 0 aliphatic rings. The van der Waals surface area contributed by atoms with Crippen molar-refractivity contribution in [1.29, 1.82) is 0 Å². The van der Waals surface area contributed by atoms with E-state index in [0.717, 1.165) is 16.3 Å². The molecule has 2 rings (SSSR count). The Hall–Kier alpha value is -1.36. The lowest BCUT2D eigenvalue weighted by Gasteiger charge is -1.98. The molecule has 5 heteroatoms. The van der Waals surface area contributed by atoms with Gasteiger partial charge in [-0.3, -0.25) is 4.40 Å². The summed E-state index contributed by atoms with van der Waals surface area (Å²) in [5.41, 5.74) is 0.988. The van der Waals surface area contributed by atoms with E-state index in [1.807, 2.05) is 10.5 Å². The molecule has 0 saturated carbocycles. The minimum Gasteiger partial charge on any atom is -0.285 e. The molecule has 0 N–H and O–H groups in total. The van der Waals surface area contributed by atoms with Gasteiger partial charge in [0.1, 0.15) is 23.2 Å². The van der Waals surface area contributed by atoms with E-state index in [2.05, 4.69) is 21.8 Å². The summed E-state index contributed by atoms with van der Waals surface area (Å²) in [4.78, 5) is 4.01. The van der Waals surface area contributed by atoms with Crippen LogP contribution in [0.3, 0.4) is 0 Å². The van der Waals surface area contributed by atoms with Crippen molar-refractivity contribution in [2.24, 2.45) is 0 Å². The number of imidazole rings is 1. The van der Waals surface area contributed by atoms with Crippen molar-refractivity contribution in [2.75, 3.05) is 5.75 Å². The summed E-state index contributed by atoms with van der Waals surface area (Å²) in [6.45, 7) is 3.65. The van der Waals surface area contributed by atoms with Crippen molar-refractivity contribution in [3.8, 4) is 0 Å². The summed E-state index contributed by atoms with van der Waals surface area (Å²) in [5.74, 6) is 0.833. The van der Waals surface area contributed by atoms with Gasteiger partial charge in [0, 0.05) is 5.75 Å². The SMILES string of the molecule is C=CCSc1nncn2cncc12. The zero-order valence-electron chi connectivity index (χ0n) is 6.92. The number of aromatic nitrogens is 4. The molecule has 0 unspecified atom stereocenters. The van der Waals surface area contributed by atoms with Gasteiger partial charge < -0.3 is 0 Å². The fourth-order valence-electron chi connectivity index (χ4n) is 0.988. The molecule has 66 valence electrons. The molecule has 0 spiro atoms. The molecular weight excluding hydrogens is 184 g/mol. The van der Waals surface area contributed by atoms with E-state index in [0.29, 0.717) is 0 Å². The van der Waals surface area contributed by atoms with Gasteiger partial charge in [-0.1, -0.05) is 17.8 Å². The third-order valence-corrected chi connectivity index (χ3v) is 2.51. The van der Waals surface area contributed by atoms with Crippen molar-refractivity contribution >= 4 is 17.3 Å². The van der Waals surface area contributed by atoms with Crippen LogP contribution in [0.5, 0.6) is 0 Å². The second-order valence-corrected chi connectivity index (χ2v) is 3.43. The van der Waals surface area contributed by atoms with Crippen LogP contribution in [0, 0.1) is 0 Å². The Balaban J connectivity index is 2.42. The fourth-order valence-corrected chi connectivity index (χ4v) is 1.67. The number of fused-ring (bicyclic) bond motifs is 1. The Labute approximate surface area is 79.7 Å². The second kappa shape index (κ2) is 3.57. The van der Waals surface area contributed by atoms with E-state index in [9.17, 15) is 0 Å². The lowest BCUT2D eigenvalue weighted by atomic mass is 10.6. The third kappa shape index (κ3) is 1.55. The second-order valence-electron chi connectivity index (χ2n) is 2.42. The van der Waals surface area contributed by atoms with E-state index in [1.165, 1.54) is 0 Å². The van der Waals surface area contributed by atoms with E-state index in [-0.39, 0.29) is 0 Å². The lowest BCUT2D eigenvalue weighted by molar-refractivity contribution is 0.874. The van der Waals surface area contributed by atoms with E-state index < -0.39 is 0 Å². The van der Waals surface area contributed by atoms with Gasteiger partial charge in [-0.25, -0.2) is 4.98 Å². The molecule has 0 aromatic carbocycles. The van der Waals surface area contributed by atoms with Crippen molar-refractivity contribution < 1.29 is 0 Å². The molecule has 13 heavy (non-hydrogen) atoms. The van der Waals surface area contributed by atoms with Crippen LogP contribution in [0.2, 0.25) is 0 Å². The molecule has 2 aromatic rings. The van der Waals surface area contributed by atoms with Crippen LogP contribution >= 0.6 is 11.8 Å². The summed E-state index contributed by atoms with van der Waals surface area (Å²) in [7, 11) is 0. The molecule has 0 aliphatic carbocycles. The standard InChI is InChI=1S/C8H8N4S/c1-2-3-13-8-7-4-9-5-12(7)6-10-11-8/h2,4-6H,1,3H2. The number of hydrogen-bond acceptors (Lipinski definition) is 4. The summed E-state index contributed by atoms with van der Waals surface area (Å²) < 4.78 is 1.85. The molecule has 0 radical (unpaired) electrons. The first-order valence-electron chi connectivity index (χ1n) is 3.79. The van der Waals surface area contributed by atoms with Crippen molar-refractivity contribution in [1.82, 2.24) is 19.6 Å². The van der Waals surface area contributed by atoms with Gasteiger partial charge in [0.25, 0.3) is 0 Å². The first-order chi connectivity index (χ1) is 6.42. The molecule has 2 heterocycles. The van der Waals surface area contributed by atoms with Gasteiger partial charge in [-0.15, -0.1) is 16.8 Å². The summed E-state index contributed by atoms with van der Waals surface area (Å²) in [6, 6.07) is 0. The number of rotatable bonds is 3. The van der Waals surface area contributed by atoms with Gasteiger partial charge in [0.15, 0.2) is 0 Å². The fraction of sp³-hybridized carbons (Fsp3) is 0.125. The van der Waals surface area contributed by atoms with Crippen LogP contribution in [0.1, 0.15) is 0 Å². The lowest BCUT2D eigenvalue weighted by Crippen LogP contribution is -1.92. The quantitative estimate of drug-likeness (QED) is 0.544.